The molecule has 2 aromatic heterocycles. The summed E-state index contributed by atoms with van der Waals surface area (Å²) in [7, 11) is 0. The summed E-state index contributed by atoms with van der Waals surface area (Å²) in [6.45, 7) is 2.47. The van der Waals surface area contributed by atoms with Gasteiger partial charge in [0.15, 0.2) is 5.82 Å². The van der Waals surface area contributed by atoms with Gasteiger partial charge in [0.2, 0.25) is 5.91 Å². The van der Waals surface area contributed by atoms with E-state index in [0.29, 0.717) is 24.5 Å². The summed E-state index contributed by atoms with van der Waals surface area (Å²) in [4.78, 5) is 34.3. The molecule has 8 heteroatoms. The van der Waals surface area contributed by atoms with E-state index in [1.165, 1.54) is 19.3 Å². The molecule has 1 fully saturated rings. The number of hydrogen-bond acceptors (Lipinski definition) is 6. The molecule has 0 spiro atoms. The van der Waals surface area contributed by atoms with E-state index in [1.54, 1.807) is 23.2 Å². The number of aromatic nitrogens is 4. The van der Waals surface area contributed by atoms with E-state index in [0.717, 1.165) is 18.5 Å². The van der Waals surface area contributed by atoms with Gasteiger partial charge in [-0.3, -0.25) is 9.59 Å². The Morgan fingerprint density at radius 1 is 1.29 bits per heavy atom. The first kappa shape index (κ1) is 16.0. The number of carbonyl (C=O) groups excluding carboxylic acids is 2. The smallest absolute Gasteiger partial charge is 0.256 e. The molecule has 0 aromatic carbocycles. The monoisotopic (exact) mass is 326 g/mol. The standard InChI is InChI=1S/C16H18N6O2/c1-11(23)18-10-13-5-6-17-15(21-13)14-3-2-8-22(14)16(24)12-4-7-19-20-9-12/h4-7,9,14H,2-3,8,10H2,1H3,(H,18,23). The van der Waals surface area contributed by atoms with Crippen LogP contribution in [0.15, 0.2) is 30.7 Å². The Morgan fingerprint density at radius 2 is 2.17 bits per heavy atom. The summed E-state index contributed by atoms with van der Waals surface area (Å²) in [5, 5.41) is 10.2. The van der Waals surface area contributed by atoms with E-state index in [9.17, 15) is 9.59 Å². The quantitative estimate of drug-likeness (QED) is 0.895. The van der Waals surface area contributed by atoms with E-state index in [-0.39, 0.29) is 17.9 Å². The van der Waals surface area contributed by atoms with Crippen LogP contribution in [0.25, 0.3) is 0 Å². The molecule has 1 aliphatic heterocycles. The molecule has 1 N–H and O–H groups in total. The summed E-state index contributed by atoms with van der Waals surface area (Å²) in [6, 6.07) is 3.24. The van der Waals surface area contributed by atoms with Gasteiger partial charge in [-0.05, 0) is 25.0 Å². The molecule has 2 amide bonds. The summed E-state index contributed by atoms with van der Waals surface area (Å²) < 4.78 is 0. The fourth-order valence-corrected chi connectivity index (χ4v) is 2.75. The van der Waals surface area contributed by atoms with Crippen LogP contribution >= 0.6 is 0 Å². The lowest BCUT2D eigenvalue weighted by Crippen LogP contribution is -2.32. The Balaban J connectivity index is 1.79. The average Bonchev–Trinajstić information content (AvgIpc) is 3.10. The highest BCUT2D eigenvalue weighted by Gasteiger charge is 2.32. The third-order valence-electron chi connectivity index (χ3n) is 3.89. The molecular weight excluding hydrogens is 308 g/mol. The van der Waals surface area contributed by atoms with Crippen LogP contribution in [0.4, 0.5) is 0 Å². The molecule has 0 radical (unpaired) electrons. The van der Waals surface area contributed by atoms with E-state index in [1.807, 2.05) is 0 Å². The largest absolute Gasteiger partial charge is 0.351 e. The topological polar surface area (TPSA) is 101 Å². The van der Waals surface area contributed by atoms with Crippen LogP contribution in [0.1, 0.15) is 47.7 Å². The Bertz CT molecular complexity index is 736. The second kappa shape index (κ2) is 7.12. The first-order valence-corrected chi connectivity index (χ1v) is 7.79. The van der Waals surface area contributed by atoms with Gasteiger partial charge in [-0.15, -0.1) is 0 Å². The van der Waals surface area contributed by atoms with Gasteiger partial charge in [0.25, 0.3) is 5.91 Å². The maximum atomic E-state index is 12.7. The lowest BCUT2D eigenvalue weighted by atomic mass is 10.2. The second-order valence-electron chi connectivity index (χ2n) is 5.60. The zero-order valence-corrected chi connectivity index (χ0v) is 13.3. The number of nitrogens with zero attached hydrogens (tertiary/aromatic N) is 5. The first-order valence-electron chi connectivity index (χ1n) is 7.79. The lowest BCUT2D eigenvalue weighted by molar-refractivity contribution is -0.119. The van der Waals surface area contributed by atoms with E-state index >= 15 is 0 Å². The van der Waals surface area contributed by atoms with Crippen molar-refractivity contribution in [1.29, 1.82) is 0 Å². The van der Waals surface area contributed by atoms with Crippen molar-refractivity contribution in [3.05, 3.63) is 47.8 Å². The van der Waals surface area contributed by atoms with Gasteiger partial charge < -0.3 is 10.2 Å². The molecule has 1 unspecified atom stereocenters. The van der Waals surface area contributed by atoms with Crippen LogP contribution in [0.3, 0.4) is 0 Å². The number of hydrogen-bond donors (Lipinski definition) is 1. The molecule has 0 bridgehead atoms. The van der Waals surface area contributed by atoms with Crippen LogP contribution in [-0.4, -0.2) is 43.4 Å². The van der Waals surface area contributed by atoms with Crippen molar-refractivity contribution in [1.82, 2.24) is 30.4 Å². The fraction of sp³-hybridized carbons (Fsp3) is 0.375. The van der Waals surface area contributed by atoms with Crippen molar-refractivity contribution < 1.29 is 9.59 Å². The highest BCUT2D eigenvalue weighted by Crippen LogP contribution is 2.31. The Hall–Kier alpha value is -2.90. The van der Waals surface area contributed by atoms with Crippen molar-refractivity contribution in [2.24, 2.45) is 0 Å². The molecule has 1 atom stereocenters. The molecule has 24 heavy (non-hydrogen) atoms. The van der Waals surface area contributed by atoms with E-state index in [2.05, 4.69) is 25.5 Å². The van der Waals surface area contributed by atoms with Crippen LogP contribution in [0, 0.1) is 0 Å². The van der Waals surface area contributed by atoms with E-state index < -0.39 is 0 Å². The van der Waals surface area contributed by atoms with Gasteiger partial charge >= 0.3 is 0 Å². The minimum Gasteiger partial charge on any atom is -0.351 e. The molecule has 2 aromatic rings. The molecule has 0 saturated carbocycles. The summed E-state index contributed by atoms with van der Waals surface area (Å²) in [5.74, 6) is 0.395. The molecule has 124 valence electrons. The van der Waals surface area contributed by atoms with Gasteiger partial charge in [0, 0.05) is 19.7 Å². The summed E-state index contributed by atoms with van der Waals surface area (Å²) in [5.41, 5.74) is 1.23. The highest BCUT2D eigenvalue weighted by atomic mass is 16.2. The number of carbonyl (C=O) groups is 2. The van der Waals surface area contributed by atoms with Crippen LogP contribution in [0.2, 0.25) is 0 Å². The van der Waals surface area contributed by atoms with Crippen molar-refractivity contribution in [3.63, 3.8) is 0 Å². The molecule has 0 aliphatic carbocycles. The summed E-state index contributed by atoms with van der Waals surface area (Å²) >= 11 is 0. The van der Waals surface area contributed by atoms with E-state index in [4.69, 9.17) is 0 Å². The van der Waals surface area contributed by atoms with Gasteiger partial charge in [0.05, 0.1) is 36.2 Å². The third-order valence-corrected chi connectivity index (χ3v) is 3.89. The minimum atomic E-state index is -0.164. The third kappa shape index (κ3) is 3.53. The van der Waals surface area contributed by atoms with Crippen LogP contribution in [-0.2, 0) is 11.3 Å². The van der Waals surface area contributed by atoms with Gasteiger partial charge in [-0.1, -0.05) is 0 Å². The maximum absolute atomic E-state index is 12.7. The number of nitrogens with one attached hydrogen (secondary N) is 1. The Morgan fingerprint density at radius 3 is 2.92 bits per heavy atom. The Labute approximate surface area is 139 Å². The minimum absolute atomic E-state index is 0.0942. The molecule has 3 rings (SSSR count). The predicted octanol–water partition coefficient (Wildman–Crippen LogP) is 0.880. The zero-order chi connectivity index (χ0) is 16.9. The summed E-state index contributed by atoms with van der Waals surface area (Å²) in [6.07, 6.45) is 6.34. The predicted molar refractivity (Wildman–Crippen MR) is 84.6 cm³/mol. The lowest BCUT2D eigenvalue weighted by Gasteiger charge is -2.23. The Kier molecular flexibility index (Phi) is 4.74. The molecule has 3 heterocycles. The van der Waals surface area contributed by atoms with Crippen LogP contribution < -0.4 is 5.32 Å². The van der Waals surface area contributed by atoms with Crippen LogP contribution in [0.5, 0.6) is 0 Å². The van der Waals surface area contributed by atoms with Gasteiger partial charge in [-0.2, -0.15) is 10.2 Å². The fourth-order valence-electron chi connectivity index (χ4n) is 2.75. The number of rotatable bonds is 4. The zero-order valence-electron chi connectivity index (χ0n) is 13.3. The van der Waals surface area contributed by atoms with Crippen molar-refractivity contribution >= 4 is 11.8 Å². The molecule has 8 nitrogen and oxygen atoms in total. The normalized spacial score (nSPS) is 16.9. The average molecular weight is 326 g/mol. The van der Waals surface area contributed by atoms with Crippen molar-refractivity contribution in [2.45, 2.75) is 32.4 Å². The van der Waals surface area contributed by atoms with Gasteiger partial charge in [-0.25, -0.2) is 9.97 Å². The maximum Gasteiger partial charge on any atom is 0.256 e. The molecule has 1 aliphatic rings. The number of amides is 2. The molecule has 1 saturated heterocycles. The SMILES string of the molecule is CC(=O)NCc1ccnc(C2CCCN2C(=O)c2ccnnc2)n1. The van der Waals surface area contributed by atoms with Crippen molar-refractivity contribution in [3.8, 4) is 0 Å². The molecular formula is C16H18N6O2. The number of likely N-dealkylation sites (tertiary alicyclic amines) is 1. The first-order chi connectivity index (χ1) is 11.6. The van der Waals surface area contributed by atoms with Gasteiger partial charge in [0.1, 0.15) is 0 Å². The second-order valence-corrected chi connectivity index (χ2v) is 5.60. The highest BCUT2D eigenvalue weighted by molar-refractivity contribution is 5.94. The van der Waals surface area contributed by atoms with Crippen molar-refractivity contribution in [2.75, 3.05) is 6.54 Å².